The number of ether oxygens (including phenoxy) is 1. The largest absolute Gasteiger partial charge is 1.00 e. The first-order chi connectivity index (χ1) is 24.7. The number of aliphatic carboxylic acids is 1. The van der Waals surface area contributed by atoms with Crippen molar-refractivity contribution < 1.29 is 78.4 Å². The molecule has 0 aromatic heterocycles. The summed E-state index contributed by atoms with van der Waals surface area (Å²) < 4.78 is 5.22. The molecule has 15 heteroatoms. The molecule has 6 heterocycles. The van der Waals surface area contributed by atoms with E-state index in [1.807, 2.05) is 18.2 Å². The predicted octanol–water partition coefficient (Wildman–Crippen LogP) is -2.48. The molecule has 53 heavy (non-hydrogen) atoms. The number of anilines is 2. The maximum Gasteiger partial charge on any atom is 1.00 e. The second kappa shape index (κ2) is 14.3. The Balaban J connectivity index is 0.000000180. The summed E-state index contributed by atoms with van der Waals surface area (Å²) in [5.41, 5.74) is 6.04. The van der Waals surface area contributed by atoms with Crippen molar-refractivity contribution >= 4 is 58.1 Å². The minimum Gasteiger partial charge on any atom is -0.543 e. The molecule has 4 amide bonds. The van der Waals surface area contributed by atoms with Gasteiger partial charge in [0.15, 0.2) is 0 Å². The van der Waals surface area contributed by atoms with Gasteiger partial charge in [-0.05, 0) is 84.4 Å². The minimum absolute atomic E-state index is 0. The second-order valence-corrected chi connectivity index (χ2v) is 13.9. The predicted molar refractivity (Wildman–Crippen MR) is 183 cm³/mol. The number of benzene rings is 2. The van der Waals surface area contributed by atoms with Gasteiger partial charge in [-0.25, -0.2) is 4.79 Å². The summed E-state index contributed by atoms with van der Waals surface area (Å²) >= 11 is 0. The van der Waals surface area contributed by atoms with E-state index in [1.165, 1.54) is 22.8 Å². The molecule has 0 bridgehead atoms. The number of nitrogens with one attached hydrogen (secondary N) is 1. The minimum atomic E-state index is -1.40. The number of amides is 4. The van der Waals surface area contributed by atoms with E-state index < -0.39 is 36.0 Å². The van der Waals surface area contributed by atoms with Gasteiger partial charge in [-0.3, -0.25) is 19.2 Å². The number of carboxylic acid groups (broad SMARTS) is 1. The van der Waals surface area contributed by atoms with Crippen LogP contribution < -0.4 is 44.9 Å². The summed E-state index contributed by atoms with van der Waals surface area (Å²) in [6.45, 7) is 6.71. The van der Waals surface area contributed by atoms with Crippen molar-refractivity contribution in [3.63, 3.8) is 0 Å². The van der Waals surface area contributed by atoms with Crippen LogP contribution in [0, 0.1) is 11.8 Å². The first-order valence-corrected chi connectivity index (χ1v) is 17.0. The van der Waals surface area contributed by atoms with Gasteiger partial charge in [0.05, 0.1) is 60.6 Å². The van der Waals surface area contributed by atoms with Gasteiger partial charge < -0.3 is 44.9 Å². The number of carboxylic acids is 1. The maximum atomic E-state index is 12.7. The van der Waals surface area contributed by atoms with Crippen LogP contribution in [-0.4, -0.2) is 93.5 Å². The van der Waals surface area contributed by atoms with Crippen molar-refractivity contribution in [3.05, 3.63) is 82.7 Å². The molecule has 6 aliphatic rings. The number of aliphatic hydroxyl groups is 2. The van der Waals surface area contributed by atoms with Crippen molar-refractivity contribution in [2.45, 2.75) is 63.8 Å². The molecule has 6 aliphatic heterocycles. The van der Waals surface area contributed by atoms with Crippen molar-refractivity contribution in [2.24, 2.45) is 11.8 Å². The molecule has 2 aromatic rings. The van der Waals surface area contributed by atoms with E-state index >= 15 is 0 Å². The van der Waals surface area contributed by atoms with E-state index in [0.29, 0.717) is 36.0 Å². The number of aliphatic hydroxyl groups excluding tert-OH is 2. The van der Waals surface area contributed by atoms with Crippen LogP contribution in [0.15, 0.2) is 60.4 Å². The van der Waals surface area contributed by atoms with E-state index in [4.69, 9.17) is 4.74 Å². The molecule has 2 fully saturated rings. The molecule has 0 aliphatic carbocycles. The average molecular weight is 733 g/mol. The number of carbonyl (C=O) groups is 6. The number of hydrogen-bond donors (Lipinski definition) is 3. The van der Waals surface area contributed by atoms with Crippen LogP contribution in [0.4, 0.5) is 11.4 Å². The molecule has 0 radical (unpaired) electrons. The second-order valence-electron chi connectivity index (χ2n) is 13.9. The Labute approximate surface area is 327 Å². The van der Waals surface area contributed by atoms with Crippen LogP contribution in [-0.2, 0) is 46.3 Å². The van der Waals surface area contributed by atoms with Crippen molar-refractivity contribution in [1.82, 2.24) is 9.80 Å². The van der Waals surface area contributed by atoms with Gasteiger partial charge in [-0.1, -0.05) is 24.8 Å². The van der Waals surface area contributed by atoms with Crippen LogP contribution in [0.3, 0.4) is 0 Å². The first kappa shape index (κ1) is 38.1. The Morgan fingerprint density at radius 3 is 2.02 bits per heavy atom. The van der Waals surface area contributed by atoms with Crippen LogP contribution in [0.25, 0.3) is 11.1 Å². The Kier molecular flexibility index (Phi) is 10.3. The number of rotatable bonds is 8. The Bertz CT molecular complexity index is 2050. The van der Waals surface area contributed by atoms with E-state index in [9.17, 15) is 44.1 Å². The zero-order chi connectivity index (χ0) is 37.3. The quantitative estimate of drug-likeness (QED) is 0.113. The Morgan fingerprint density at radius 1 is 0.906 bits per heavy atom. The standard InChI is InChI=1S/C21H22N2O5.C17H16N2O5.Na/c1-4-7-28-21(27)19-14(10-16-18(11(2)24)20(26)23(16)19)12-5-6-15-13(8-12)9-17(25)22(15)3;1-7(20)14-12-6-10(15(17(23)24)19(12)16(14)22)8-2-3-11-9(4-8)5-13(21)18-11;/h4-6,8,11,16,18,24H,1,7,9-10H2,2-3H3;2-4,7,12,14,20H,5-6H2,1H3,(H,18,21)(H,23,24);/q;;+1/p-1/t11-,16-,18-;7-,12-,14-;/m11./s1. The Hall–Kier alpha value is -4.60. The summed E-state index contributed by atoms with van der Waals surface area (Å²) in [6, 6.07) is 10.3. The van der Waals surface area contributed by atoms with Crippen molar-refractivity contribution in [3.8, 4) is 0 Å². The molecule has 3 N–H and O–H groups in total. The molecule has 0 saturated carbocycles. The number of carbonyl (C=O) groups excluding carboxylic acids is 6. The van der Waals surface area contributed by atoms with Gasteiger partial charge in [0.2, 0.25) is 23.6 Å². The number of likely N-dealkylation sites (N-methyl/N-ethyl adjacent to an activating group) is 1. The molecule has 0 spiro atoms. The molecule has 8 rings (SSSR count). The van der Waals surface area contributed by atoms with Gasteiger partial charge in [0.1, 0.15) is 12.3 Å². The molecule has 270 valence electrons. The number of β-lactam (4-membered cyclic amide) rings is 2. The zero-order valence-electron chi connectivity index (χ0n) is 29.8. The maximum absolute atomic E-state index is 12.7. The monoisotopic (exact) mass is 732 g/mol. The summed E-state index contributed by atoms with van der Waals surface area (Å²) in [5.74, 6) is -3.83. The van der Waals surface area contributed by atoms with Gasteiger partial charge >= 0.3 is 35.5 Å². The van der Waals surface area contributed by atoms with Gasteiger partial charge in [0, 0.05) is 18.4 Å². The molecular formula is C38H37N4NaO10. The van der Waals surface area contributed by atoms with E-state index in [-0.39, 0.29) is 89.7 Å². The van der Waals surface area contributed by atoms with Gasteiger partial charge in [-0.2, -0.15) is 0 Å². The van der Waals surface area contributed by atoms with E-state index in [0.717, 1.165) is 28.1 Å². The summed E-state index contributed by atoms with van der Waals surface area (Å²) in [7, 11) is 1.73. The average Bonchev–Trinajstić information content (AvgIpc) is 3.81. The SMILES string of the molecule is C=CCOC(=O)C1=C(c2ccc3c(c2)CC(=O)N3C)C[C@@H]2[C@@H]([C@@H](C)O)C(=O)N12.C[C@@H](O)[C@H]1C(=O)N2C(C(=O)[O-])=C(c3ccc4c(c3)CC(=O)N4)C[C@H]12.[Na+]. The summed E-state index contributed by atoms with van der Waals surface area (Å²) in [4.78, 5) is 76.8. The fourth-order valence-corrected chi connectivity index (χ4v) is 8.31. The Morgan fingerprint density at radius 2 is 1.45 bits per heavy atom. The molecule has 2 saturated heterocycles. The third-order valence-corrected chi connectivity index (χ3v) is 10.8. The molecular weight excluding hydrogens is 695 g/mol. The molecule has 6 atom stereocenters. The third kappa shape index (κ3) is 6.21. The van der Waals surface area contributed by atoms with E-state index in [2.05, 4.69) is 11.9 Å². The topological polar surface area (TPSA) is 197 Å². The normalized spacial score (nSPS) is 24.5. The van der Waals surface area contributed by atoms with Gasteiger partial charge in [-0.15, -0.1) is 0 Å². The fraction of sp³-hybridized carbons (Fsp3) is 0.368. The van der Waals surface area contributed by atoms with Crippen LogP contribution >= 0.6 is 0 Å². The van der Waals surface area contributed by atoms with Crippen molar-refractivity contribution in [1.29, 1.82) is 0 Å². The summed E-state index contributed by atoms with van der Waals surface area (Å²) in [5, 5.41) is 34.0. The van der Waals surface area contributed by atoms with Crippen molar-refractivity contribution in [2.75, 3.05) is 23.9 Å². The molecule has 0 unspecified atom stereocenters. The van der Waals surface area contributed by atoms with E-state index in [1.54, 1.807) is 37.1 Å². The van der Waals surface area contributed by atoms with Crippen LogP contribution in [0.5, 0.6) is 0 Å². The first-order valence-electron chi connectivity index (χ1n) is 17.0. The fourth-order valence-electron chi connectivity index (χ4n) is 8.31. The summed E-state index contributed by atoms with van der Waals surface area (Å²) in [6.07, 6.45) is 1.23. The number of esters is 1. The van der Waals surface area contributed by atoms with Crippen LogP contribution in [0.1, 0.15) is 48.9 Å². The molecule has 2 aromatic carbocycles. The third-order valence-electron chi connectivity index (χ3n) is 10.8. The smallest absolute Gasteiger partial charge is 0.543 e. The van der Waals surface area contributed by atoms with Crippen LogP contribution in [0.2, 0.25) is 0 Å². The number of nitrogens with zero attached hydrogens (tertiary/aromatic N) is 3. The number of fused-ring (bicyclic) bond motifs is 4. The van der Waals surface area contributed by atoms with Gasteiger partial charge in [0.25, 0.3) is 0 Å². The number of hydrogen-bond acceptors (Lipinski definition) is 10. The zero-order valence-corrected chi connectivity index (χ0v) is 31.8. The molecule has 14 nitrogen and oxygen atoms in total.